The molecule has 0 atom stereocenters. The second-order valence-electron chi connectivity index (χ2n) is 2.80. The second-order valence-corrected chi connectivity index (χ2v) is 3.59. The summed E-state index contributed by atoms with van der Waals surface area (Å²) in [6, 6.07) is 6.94. The molecule has 0 heterocycles. The average Bonchev–Trinajstić information content (AvgIpc) is 2.27. The number of carbonyl (C=O) groups excluding carboxylic acids is 1. The van der Waals surface area contributed by atoms with Crippen LogP contribution >= 0.6 is 15.9 Å². The number of alkyl halides is 1. The third-order valence-corrected chi connectivity index (χ3v) is 2.12. The predicted octanol–water partition coefficient (Wildman–Crippen LogP) is 2.21. The molecule has 0 saturated carbocycles. The molecule has 5 heteroatoms. The zero-order valence-electron chi connectivity index (χ0n) is 8.42. The van der Waals surface area contributed by atoms with E-state index in [1.54, 1.807) is 31.4 Å². The molecule has 0 bridgehead atoms. The van der Waals surface area contributed by atoms with E-state index in [0.29, 0.717) is 6.54 Å². The number of benzene rings is 1. The minimum absolute atomic E-state index is 0.209. The summed E-state index contributed by atoms with van der Waals surface area (Å²) in [6.45, 7) is 0.599. The minimum Gasteiger partial charge on any atom is -0.497 e. The normalized spacial score (nSPS) is 9.47. The smallest absolute Gasteiger partial charge is 0.319 e. The highest BCUT2D eigenvalue weighted by Gasteiger charge is 1.99. The van der Waals surface area contributed by atoms with Gasteiger partial charge in [-0.15, -0.1) is 0 Å². The van der Waals surface area contributed by atoms with E-state index < -0.39 is 0 Å². The first-order valence-electron chi connectivity index (χ1n) is 4.51. The third kappa shape index (κ3) is 4.20. The summed E-state index contributed by atoms with van der Waals surface area (Å²) in [4.78, 5) is 11.3. The molecular weight excluding hydrogens is 260 g/mol. The molecule has 82 valence electrons. The summed E-state index contributed by atoms with van der Waals surface area (Å²) in [5, 5.41) is 6.12. The molecule has 0 radical (unpaired) electrons. The Kier molecular flexibility index (Phi) is 4.97. The number of urea groups is 1. The Morgan fingerprint density at radius 3 is 2.60 bits per heavy atom. The maximum absolute atomic E-state index is 11.3. The van der Waals surface area contributed by atoms with Crippen molar-refractivity contribution in [2.45, 2.75) is 0 Å². The van der Waals surface area contributed by atoms with Crippen molar-refractivity contribution in [3.05, 3.63) is 24.3 Å². The Morgan fingerprint density at radius 1 is 1.40 bits per heavy atom. The van der Waals surface area contributed by atoms with Gasteiger partial charge in [0.05, 0.1) is 7.11 Å². The number of anilines is 1. The van der Waals surface area contributed by atoms with E-state index >= 15 is 0 Å². The van der Waals surface area contributed by atoms with E-state index in [9.17, 15) is 4.79 Å². The SMILES string of the molecule is COc1ccc(NC(=O)NCCBr)cc1. The van der Waals surface area contributed by atoms with Crippen molar-refractivity contribution in [3.63, 3.8) is 0 Å². The minimum atomic E-state index is -0.209. The van der Waals surface area contributed by atoms with E-state index in [4.69, 9.17) is 4.74 Å². The lowest BCUT2D eigenvalue weighted by Gasteiger charge is -2.06. The number of nitrogens with one attached hydrogen (secondary N) is 2. The monoisotopic (exact) mass is 272 g/mol. The standard InChI is InChI=1S/C10H13BrN2O2/c1-15-9-4-2-8(3-5-9)13-10(14)12-7-6-11/h2-5H,6-7H2,1H3,(H2,12,13,14). The van der Waals surface area contributed by atoms with Gasteiger partial charge in [0, 0.05) is 17.6 Å². The highest BCUT2D eigenvalue weighted by atomic mass is 79.9. The van der Waals surface area contributed by atoms with Gasteiger partial charge >= 0.3 is 6.03 Å². The van der Waals surface area contributed by atoms with Gasteiger partial charge in [-0.05, 0) is 24.3 Å². The number of amides is 2. The van der Waals surface area contributed by atoms with Crippen molar-refractivity contribution in [1.82, 2.24) is 5.32 Å². The predicted molar refractivity (Wildman–Crippen MR) is 63.8 cm³/mol. The number of hydrogen-bond donors (Lipinski definition) is 2. The van der Waals surface area contributed by atoms with Crippen LogP contribution in [-0.4, -0.2) is 25.0 Å². The highest BCUT2D eigenvalue weighted by Crippen LogP contribution is 2.14. The molecule has 2 amide bonds. The van der Waals surface area contributed by atoms with Crippen LogP contribution < -0.4 is 15.4 Å². The number of rotatable bonds is 4. The molecule has 4 nitrogen and oxygen atoms in total. The Balaban J connectivity index is 2.46. The van der Waals surface area contributed by atoms with Crippen LogP contribution in [0.2, 0.25) is 0 Å². The molecule has 0 aliphatic heterocycles. The Morgan fingerprint density at radius 2 is 2.07 bits per heavy atom. The summed E-state index contributed by atoms with van der Waals surface area (Å²) >= 11 is 3.22. The van der Waals surface area contributed by atoms with Gasteiger partial charge in [0.15, 0.2) is 0 Å². The lowest BCUT2D eigenvalue weighted by Crippen LogP contribution is -2.30. The average molecular weight is 273 g/mol. The first-order valence-corrected chi connectivity index (χ1v) is 5.63. The van der Waals surface area contributed by atoms with Crippen LogP contribution in [0.3, 0.4) is 0 Å². The van der Waals surface area contributed by atoms with Crippen molar-refractivity contribution >= 4 is 27.6 Å². The van der Waals surface area contributed by atoms with Crippen LogP contribution in [0.4, 0.5) is 10.5 Å². The first-order chi connectivity index (χ1) is 7.26. The molecule has 0 aromatic heterocycles. The van der Waals surface area contributed by atoms with Crippen LogP contribution in [0, 0.1) is 0 Å². The van der Waals surface area contributed by atoms with Gasteiger partial charge in [0.25, 0.3) is 0 Å². The number of ether oxygens (including phenoxy) is 1. The Labute approximate surface area is 97.1 Å². The summed E-state index contributed by atoms with van der Waals surface area (Å²) < 4.78 is 5.00. The van der Waals surface area contributed by atoms with Crippen molar-refractivity contribution in [3.8, 4) is 5.75 Å². The molecule has 0 spiro atoms. The third-order valence-electron chi connectivity index (χ3n) is 1.73. The van der Waals surface area contributed by atoms with Crippen molar-refractivity contribution in [1.29, 1.82) is 0 Å². The Bertz CT molecular complexity index is 314. The maximum atomic E-state index is 11.3. The lowest BCUT2D eigenvalue weighted by atomic mass is 10.3. The van der Waals surface area contributed by atoms with Crippen LogP contribution in [-0.2, 0) is 0 Å². The molecular formula is C10H13BrN2O2. The van der Waals surface area contributed by atoms with Crippen LogP contribution in [0.25, 0.3) is 0 Å². The fourth-order valence-corrected chi connectivity index (χ4v) is 1.21. The zero-order chi connectivity index (χ0) is 11.1. The van der Waals surface area contributed by atoms with Crippen molar-refractivity contribution in [2.75, 3.05) is 24.3 Å². The van der Waals surface area contributed by atoms with E-state index in [0.717, 1.165) is 16.8 Å². The fourth-order valence-electron chi connectivity index (χ4n) is 1.01. The molecule has 0 aliphatic rings. The summed E-state index contributed by atoms with van der Waals surface area (Å²) in [6.07, 6.45) is 0. The Hall–Kier alpha value is -1.23. The van der Waals surface area contributed by atoms with Gasteiger partial charge in [0.2, 0.25) is 0 Å². The summed E-state index contributed by atoms with van der Waals surface area (Å²) in [5.74, 6) is 0.765. The molecule has 15 heavy (non-hydrogen) atoms. The quantitative estimate of drug-likeness (QED) is 0.826. The maximum Gasteiger partial charge on any atom is 0.319 e. The molecule has 1 aromatic rings. The molecule has 0 aliphatic carbocycles. The molecule has 0 unspecified atom stereocenters. The van der Waals surface area contributed by atoms with Gasteiger partial charge in [0.1, 0.15) is 5.75 Å². The van der Waals surface area contributed by atoms with Crippen molar-refractivity contribution in [2.24, 2.45) is 0 Å². The summed E-state index contributed by atoms with van der Waals surface area (Å²) in [7, 11) is 1.60. The van der Waals surface area contributed by atoms with E-state index in [1.807, 2.05) is 0 Å². The molecule has 1 aromatic carbocycles. The summed E-state index contributed by atoms with van der Waals surface area (Å²) in [5.41, 5.74) is 0.739. The topological polar surface area (TPSA) is 50.4 Å². The fraction of sp³-hybridized carbons (Fsp3) is 0.300. The van der Waals surface area contributed by atoms with Gasteiger partial charge in [-0.25, -0.2) is 4.79 Å². The first kappa shape index (κ1) is 11.8. The molecule has 0 fully saturated rings. The van der Waals surface area contributed by atoms with Gasteiger partial charge in [-0.2, -0.15) is 0 Å². The van der Waals surface area contributed by atoms with E-state index in [2.05, 4.69) is 26.6 Å². The molecule has 1 rings (SSSR count). The largest absolute Gasteiger partial charge is 0.497 e. The van der Waals surface area contributed by atoms with Gasteiger partial charge in [-0.1, -0.05) is 15.9 Å². The van der Waals surface area contributed by atoms with E-state index in [1.165, 1.54) is 0 Å². The molecule has 2 N–H and O–H groups in total. The second kappa shape index (κ2) is 6.29. The van der Waals surface area contributed by atoms with E-state index in [-0.39, 0.29) is 6.03 Å². The van der Waals surface area contributed by atoms with Crippen molar-refractivity contribution < 1.29 is 9.53 Å². The van der Waals surface area contributed by atoms with Gasteiger partial charge < -0.3 is 15.4 Å². The highest BCUT2D eigenvalue weighted by molar-refractivity contribution is 9.09. The zero-order valence-corrected chi connectivity index (χ0v) is 10.0. The number of methoxy groups -OCH3 is 1. The van der Waals surface area contributed by atoms with Gasteiger partial charge in [-0.3, -0.25) is 0 Å². The number of carbonyl (C=O) groups is 1. The number of hydrogen-bond acceptors (Lipinski definition) is 2. The molecule has 0 saturated heterocycles. The van der Waals surface area contributed by atoms with Crippen LogP contribution in [0.5, 0.6) is 5.75 Å². The lowest BCUT2D eigenvalue weighted by molar-refractivity contribution is 0.252. The van der Waals surface area contributed by atoms with Crippen LogP contribution in [0.1, 0.15) is 0 Å². The number of halogens is 1. The van der Waals surface area contributed by atoms with Crippen LogP contribution in [0.15, 0.2) is 24.3 Å².